The highest BCUT2D eigenvalue weighted by Gasteiger charge is 2.27. The van der Waals surface area contributed by atoms with Crippen LogP contribution in [0.5, 0.6) is 5.75 Å². The van der Waals surface area contributed by atoms with Gasteiger partial charge in [-0.25, -0.2) is 8.42 Å². The van der Waals surface area contributed by atoms with Crippen LogP contribution in [-0.2, 0) is 10.0 Å². The standard InChI is InChI=1S/C19H23N3O3S2/c1-13-5-7-16(14(2)11-13)20-19(26)21-17-12-15(6-8-18(17)23)27(24,25)22-9-3-4-10-22/h5-8,11-12,23H,3-4,9-10H2,1-2H3,(H2,20,21,26). The molecule has 3 N–H and O–H groups in total. The second-order valence-electron chi connectivity index (χ2n) is 6.69. The highest BCUT2D eigenvalue weighted by molar-refractivity contribution is 7.89. The van der Waals surface area contributed by atoms with Crippen molar-refractivity contribution in [1.82, 2.24) is 4.31 Å². The number of thiocarbonyl (C=S) groups is 1. The number of phenols is 1. The molecular formula is C19H23N3O3S2. The molecule has 1 saturated heterocycles. The maximum Gasteiger partial charge on any atom is 0.243 e. The van der Waals surface area contributed by atoms with Crippen molar-refractivity contribution in [1.29, 1.82) is 0 Å². The molecule has 27 heavy (non-hydrogen) atoms. The van der Waals surface area contributed by atoms with Gasteiger partial charge in [-0.3, -0.25) is 0 Å². The molecule has 3 rings (SSSR count). The summed E-state index contributed by atoms with van der Waals surface area (Å²) in [4.78, 5) is 0.138. The number of hydrogen-bond acceptors (Lipinski definition) is 4. The molecule has 1 aliphatic heterocycles. The smallest absolute Gasteiger partial charge is 0.243 e. The predicted molar refractivity (Wildman–Crippen MR) is 112 cm³/mol. The Morgan fingerprint density at radius 3 is 2.37 bits per heavy atom. The number of rotatable bonds is 4. The van der Waals surface area contributed by atoms with E-state index >= 15 is 0 Å². The molecule has 0 aliphatic carbocycles. The van der Waals surface area contributed by atoms with Crippen molar-refractivity contribution >= 4 is 38.7 Å². The van der Waals surface area contributed by atoms with Crippen molar-refractivity contribution in [2.24, 2.45) is 0 Å². The van der Waals surface area contributed by atoms with Crippen LogP contribution in [-0.4, -0.2) is 36.0 Å². The van der Waals surface area contributed by atoms with Crippen LogP contribution in [0.1, 0.15) is 24.0 Å². The maximum atomic E-state index is 12.7. The Balaban J connectivity index is 1.79. The lowest BCUT2D eigenvalue weighted by Crippen LogP contribution is -2.28. The first kappa shape index (κ1) is 19.6. The van der Waals surface area contributed by atoms with Gasteiger partial charge in [-0.05, 0) is 68.7 Å². The summed E-state index contributed by atoms with van der Waals surface area (Å²) in [6.07, 6.45) is 1.73. The van der Waals surface area contributed by atoms with Crippen molar-refractivity contribution in [3.63, 3.8) is 0 Å². The Bertz CT molecular complexity index is 968. The molecule has 1 fully saturated rings. The minimum absolute atomic E-state index is 0.0693. The van der Waals surface area contributed by atoms with Crippen molar-refractivity contribution in [2.45, 2.75) is 31.6 Å². The molecule has 0 unspecified atom stereocenters. The highest BCUT2D eigenvalue weighted by Crippen LogP contribution is 2.29. The molecule has 8 heteroatoms. The molecular weight excluding hydrogens is 382 g/mol. The van der Waals surface area contributed by atoms with E-state index in [1.54, 1.807) is 0 Å². The number of nitrogens with one attached hydrogen (secondary N) is 2. The Hall–Kier alpha value is -2.16. The van der Waals surface area contributed by atoms with E-state index in [9.17, 15) is 13.5 Å². The first-order valence-electron chi connectivity index (χ1n) is 8.76. The summed E-state index contributed by atoms with van der Waals surface area (Å²) in [5.74, 6) is -0.0693. The minimum Gasteiger partial charge on any atom is -0.506 e. The highest BCUT2D eigenvalue weighted by atomic mass is 32.2. The molecule has 144 valence electrons. The van der Waals surface area contributed by atoms with Crippen LogP contribution in [0.2, 0.25) is 0 Å². The average Bonchev–Trinajstić information content (AvgIpc) is 3.15. The van der Waals surface area contributed by atoms with E-state index in [-0.39, 0.29) is 21.4 Å². The van der Waals surface area contributed by atoms with Crippen LogP contribution in [0.4, 0.5) is 11.4 Å². The maximum absolute atomic E-state index is 12.7. The first-order chi connectivity index (χ1) is 12.8. The number of anilines is 2. The summed E-state index contributed by atoms with van der Waals surface area (Å²) in [5, 5.41) is 16.4. The molecule has 2 aromatic rings. The van der Waals surface area contributed by atoms with Gasteiger partial charge in [0.25, 0.3) is 0 Å². The lowest BCUT2D eigenvalue weighted by Gasteiger charge is -2.18. The van der Waals surface area contributed by atoms with E-state index in [4.69, 9.17) is 12.2 Å². The van der Waals surface area contributed by atoms with Gasteiger partial charge >= 0.3 is 0 Å². The topological polar surface area (TPSA) is 81.7 Å². The Morgan fingerprint density at radius 1 is 1.04 bits per heavy atom. The van der Waals surface area contributed by atoms with Gasteiger partial charge in [0.2, 0.25) is 10.0 Å². The summed E-state index contributed by atoms with van der Waals surface area (Å²) >= 11 is 5.32. The monoisotopic (exact) mass is 405 g/mol. The van der Waals surface area contributed by atoms with Gasteiger partial charge < -0.3 is 15.7 Å². The van der Waals surface area contributed by atoms with Crippen LogP contribution in [0, 0.1) is 13.8 Å². The lowest BCUT2D eigenvalue weighted by molar-refractivity contribution is 0.473. The molecule has 0 spiro atoms. The predicted octanol–water partition coefficient (Wildman–Crippen LogP) is 3.60. The van der Waals surface area contributed by atoms with E-state index in [0.29, 0.717) is 13.1 Å². The third-order valence-corrected chi connectivity index (χ3v) is 6.65. The summed E-state index contributed by atoms with van der Waals surface area (Å²) in [6.45, 7) is 5.04. The molecule has 0 saturated carbocycles. The zero-order chi connectivity index (χ0) is 19.6. The van der Waals surface area contributed by atoms with E-state index in [2.05, 4.69) is 10.6 Å². The molecule has 0 aromatic heterocycles. The normalized spacial score (nSPS) is 14.9. The Labute approximate surface area is 165 Å². The lowest BCUT2D eigenvalue weighted by atomic mass is 10.1. The fraction of sp³-hybridized carbons (Fsp3) is 0.316. The quantitative estimate of drug-likeness (QED) is 0.533. The van der Waals surface area contributed by atoms with Crippen molar-refractivity contribution in [3.05, 3.63) is 47.5 Å². The van der Waals surface area contributed by atoms with E-state index in [1.165, 1.54) is 22.5 Å². The van der Waals surface area contributed by atoms with Gasteiger partial charge in [0, 0.05) is 18.8 Å². The largest absolute Gasteiger partial charge is 0.506 e. The molecule has 2 aromatic carbocycles. The summed E-state index contributed by atoms with van der Waals surface area (Å²) in [6, 6.07) is 10.1. The zero-order valence-electron chi connectivity index (χ0n) is 15.3. The third-order valence-electron chi connectivity index (χ3n) is 4.55. The molecule has 1 aliphatic rings. The molecule has 0 atom stereocenters. The second kappa shape index (κ2) is 7.84. The average molecular weight is 406 g/mol. The molecule has 0 radical (unpaired) electrons. The summed E-state index contributed by atoms with van der Waals surface area (Å²) in [5.41, 5.74) is 3.28. The SMILES string of the molecule is Cc1ccc(NC(=S)Nc2cc(S(=O)(=O)N3CCCC3)ccc2O)c(C)c1. The number of nitrogens with zero attached hydrogens (tertiary/aromatic N) is 1. The van der Waals surface area contributed by atoms with Crippen molar-refractivity contribution in [2.75, 3.05) is 23.7 Å². The molecule has 6 nitrogen and oxygen atoms in total. The number of hydrogen-bond donors (Lipinski definition) is 3. The number of benzene rings is 2. The molecule has 1 heterocycles. The van der Waals surface area contributed by atoms with Crippen LogP contribution in [0.25, 0.3) is 0 Å². The number of aromatic hydroxyl groups is 1. The fourth-order valence-corrected chi connectivity index (χ4v) is 4.85. The number of phenolic OH excluding ortho intramolecular Hbond substituents is 1. The van der Waals surface area contributed by atoms with Gasteiger partial charge in [-0.15, -0.1) is 0 Å². The Morgan fingerprint density at radius 2 is 1.70 bits per heavy atom. The summed E-state index contributed by atoms with van der Waals surface area (Å²) in [7, 11) is -3.57. The van der Waals surface area contributed by atoms with E-state index in [0.717, 1.165) is 29.7 Å². The fourth-order valence-electron chi connectivity index (χ4n) is 3.08. The van der Waals surface area contributed by atoms with Gasteiger partial charge in [0.05, 0.1) is 10.6 Å². The van der Waals surface area contributed by atoms with Gasteiger partial charge in [-0.2, -0.15) is 4.31 Å². The minimum atomic E-state index is -3.57. The number of aryl methyl sites for hydroxylation is 2. The van der Waals surface area contributed by atoms with Crippen LogP contribution >= 0.6 is 12.2 Å². The Kier molecular flexibility index (Phi) is 5.69. The molecule has 0 amide bonds. The van der Waals surface area contributed by atoms with Crippen molar-refractivity contribution < 1.29 is 13.5 Å². The zero-order valence-corrected chi connectivity index (χ0v) is 17.0. The van der Waals surface area contributed by atoms with Gasteiger partial charge in [0.15, 0.2) is 5.11 Å². The molecule has 0 bridgehead atoms. The van der Waals surface area contributed by atoms with E-state index < -0.39 is 10.0 Å². The third kappa shape index (κ3) is 4.40. The van der Waals surface area contributed by atoms with Gasteiger partial charge in [0.1, 0.15) is 5.75 Å². The van der Waals surface area contributed by atoms with Crippen LogP contribution < -0.4 is 10.6 Å². The van der Waals surface area contributed by atoms with Crippen LogP contribution in [0.15, 0.2) is 41.3 Å². The van der Waals surface area contributed by atoms with E-state index in [1.807, 2.05) is 32.0 Å². The summed E-state index contributed by atoms with van der Waals surface area (Å²) < 4.78 is 26.9. The van der Waals surface area contributed by atoms with Crippen LogP contribution in [0.3, 0.4) is 0 Å². The first-order valence-corrected chi connectivity index (χ1v) is 10.6. The number of sulfonamides is 1. The van der Waals surface area contributed by atoms with Gasteiger partial charge in [-0.1, -0.05) is 17.7 Å². The van der Waals surface area contributed by atoms with Crippen molar-refractivity contribution in [3.8, 4) is 5.75 Å². The second-order valence-corrected chi connectivity index (χ2v) is 9.03.